The molecule has 2 aromatic rings. The summed E-state index contributed by atoms with van der Waals surface area (Å²) in [6, 6.07) is 0.193. The lowest BCUT2D eigenvalue weighted by Crippen LogP contribution is -2.13. The SMILES string of the molecule is CCOc1nc(NN)nc(Sc2nnnn2C)n1. The molecule has 3 N–H and O–H groups in total. The van der Waals surface area contributed by atoms with Crippen molar-refractivity contribution in [3.8, 4) is 6.01 Å². The number of tetrazole rings is 1. The Morgan fingerprint density at radius 3 is 2.83 bits per heavy atom. The molecule has 96 valence electrons. The van der Waals surface area contributed by atoms with Crippen molar-refractivity contribution in [1.82, 2.24) is 35.2 Å². The molecular weight excluding hydrogens is 258 g/mol. The van der Waals surface area contributed by atoms with Crippen molar-refractivity contribution in [2.75, 3.05) is 12.0 Å². The van der Waals surface area contributed by atoms with Crippen molar-refractivity contribution in [1.29, 1.82) is 0 Å². The van der Waals surface area contributed by atoms with E-state index in [2.05, 4.69) is 35.9 Å². The Kier molecular flexibility index (Phi) is 3.84. The number of hydrogen-bond donors (Lipinski definition) is 2. The molecular formula is C7H11N9OS. The van der Waals surface area contributed by atoms with Crippen LogP contribution in [0.5, 0.6) is 6.01 Å². The number of nitrogens with one attached hydrogen (secondary N) is 1. The average molecular weight is 269 g/mol. The van der Waals surface area contributed by atoms with Gasteiger partial charge in [-0.25, -0.2) is 10.5 Å². The molecule has 2 aromatic heterocycles. The molecule has 0 saturated heterocycles. The molecule has 0 aromatic carbocycles. The van der Waals surface area contributed by atoms with Crippen LogP contribution in [0.2, 0.25) is 0 Å². The van der Waals surface area contributed by atoms with Gasteiger partial charge in [0.2, 0.25) is 16.3 Å². The summed E-state index contributed by atoms with van der Waals surface area (Å²) >= 11 is 1.18. The van der Waals surface area contributed by atoms with Crippen molar-refractivity contribution < 1.29 is 4.74 Å². The van der Waals surface area contributed by atoms with Crippen molar-refractivity contribution in [2.45, 2.75) is 17.2 Å². The zero-order valence-electron chi connectivity index (χ0n) is 9.73. The third kappa shape index (κ3) is 2.81. The molecule has 2 heterocycles. The van der Waals surface area contributed by atoms with E-state index in [0.717, 1.165) is 0 Å². The molecule has 0 atom stereocenters. The molecule has 0 radical (unpaired) electrons. The molecule has 0 fully saturated rings. The summed E-state index contributed by atoms with van der Waals surface area (Å²) in [7, 11) is 1.72. The van der Waals surface area contributed by atoms with E-state index in [0.29, 0.717) is 16.9 Å². The number of rotatable bonds is 5. The summed E-state index contributed by atoms with van der Waals surface area (Å²) in [5, 5.41) is 12.0. The number of aromatic nitrogens is 7. The Labute approximate surface area is 106 Å². The topological polar surface area (TPSA) is 130 Å². The molecule has 0 bridgehead atoms. The van der Waals surface area contributed by atoms with Gasteiger partial charge >= 0.3 is 6.01 Å². The van der Waals surface area contributed by atoms with E-state index in [-0.39, 0.29) is 12.0 Å². The number of aryl methyl sites for hydroxylation is 1. The highest BCUT2D eigenvalue weighted by Gasteiger charge is 2.11. The molecule has 11 heteroatoms. The summed E-state index contributed by atoms with van der Waals surface area (Å²) in [5.41, 5.74) is 2.35. The Hall–Kier alpha value is -2.01. The van der Waals surface area contributed by atoms with E-state index >= 15 is 0 Å². The first kappa shape index (κ1) is 12.4. The molecule has 0 aliphatic rings. The maximum Gasteiger partial charge on any atom is 0.322 e. The Morgan fingerprint density at radius 1 is 1.39 bits per heavy atom. The molecule has 0 spiro atoms. The van der Waals surface area contributed by atoms with Crippen LogP contribution in [0, 0.1) is 0 Å². The fourth-order valence-corrected chi connectivity index (χ4v) is 1.70. The number of anilines is 1. The van der Waals surface area contributed by atoms with Gasteiger partial charge in [-0.3, -0.25) is 5.43 Å². The van der Waals surface area contributed by atoms with Crippen LogP contribution in [0.4, 0.5) is 5.95 Å². The molecule has 10 nitrogen and oxygen atoms in total. The molecule has 2 rings (SSSR count). The van der Waals surface area contributed by atoms with E-state index in [1.807, 2.05) is 6.92 Å². The summed E-state index contributed by atoms with van der Waals surface area (Å²) < 4.78 is 6.71. The highest BCUT2D eigenvalue weighted by atomic mass is 32.2. The fourth-order valence-electron chi connectivity index (χ4n) is 1.03. The monoisotopic (exact) mass is 269 g/mol. The third-order valence-electron chi connectivity index (χ3n) is 1.76. The van der Waals surface area contributed by atoms with Crippen LogP contribution in [0.3, 0.4) is 0 Å². The van der Waals surface area contributed by atoms with Crippen molar-refractivity contribution in [3.05, 3.63) is 0 Å². The maximum absolute atomic E-state index is 5.27. The molecule has 0 unspecified atom stereocenters. The maximum atomic E-state index is 5.27. The van der Waals surface area contributed by atoms with Gasteiger partial charge in [-0.1, -0.05) is 0 Å². The lowest BCUT2D eigenvalue weighted by molar-refractivity contribution is 0.308. The van der Waals surface area contributed by atoms with Crippen LogP contribution in [0.1, 0.15) is 6.92 Å². The molecule has 0 amide bonds. The Morgan fingerprint density at radius 2 is 2.22 bits per heavy atom. The molecule has 18 heavy (non-hydrogen) atoms. The largest absolute Gasteiger partial charge is 0.464 e. The molecule has 0 saturated carbocycles. The van der Waals surface area contributed by atoms with E-state index < -0.39 is 0 Å². The average Bonchev–Trinajstić information content (AvgIpc) is 2.75. The first-order valence-electron chi connectivity index (χ1n) is 4.98. The second kappa shape index (κ2) is 5.55. The van der Waals surface area contributed by atoms with Crippen LogP contribution in [0.25, 0.3) is 0 Å². The minimum absolute atomic E-state index is 0.193. The molecule has 0 aliphatic heterocycles. The second-order valence-electron chi connectivity index (χ2n) is 2.99. The van der Waals surface area contributed by atoms with Gasteiger partial charge in [0.1, 0.15) is 0 Å². The van der Waals surface area contributed by atoms with Gasteiger partial charge in [0.15, 0.2) is 0 Å². The van der Waals surface area contributed by atoms with Gasteiger partial charge in [-0.05, 0) is 29.1 Å². The van der Waals surface area contributed by atoms with Crippen LogP contribution in [-0.2, 0) is 7.05 Å². The number of hydrogen-bond acceptors (Lipinski definition) is 10. The lowest BCUT2D eigenvalue weighted by atomic mass is 10.8. The summed E-state index contributed by atoms with van der Waals surface area (Å²) in [4.78, 5) is 12.1. The normalized spacial score (nSPS) is 10.4. The minimum atomic E-state index is 0.193. The minimum Gasteiger partial charge on any atom is -0.464 e. The molecule has 0 aliphatic carbocycles. The summed E-state index contributed by atoms with van der Waals surface area (Å²) in [6.07, 6.45) is 0. The van der Waals surface area contributed by atoms with E-state index in [4.69, 9.17) is 10.6 Å². The second-order valence-corrected chi connectivity index (χ2v) is 3.92. The number of ether oxygens (including phenoxy) is 1. The highest BCUT2D eigenvalue weighted by molar-refractivity contribution is 7.99. The van der Waals surface area contributed by atoms with Gasteiger partial charge in [-0.2, -0.15) is 15.0 Å². The third-order valence-corrected chi connectivity index (χ3v) is 2.65. The number of nitrogen functional groups attached to an aromatic ring is 1. The lowest BCUT2D eigenvalue weighted by Gasteiger charge is -2.05. The summed E-state index contributed by atoms with van der Waals surface area (Å²) in [5.74, 6) is 5.49. The van der Waals surface area contributed by atoms with Crippen molar-refractivity contribution in [3.63, 3.8) is 0 Å². The quantitative estimate of drug-likeness (QED) is 0.527. The predicted molar refractivity (Wildman–Crippen MR) is 61.7 cm³/mol. The smallest absolute Gasteiger partial charge is 0.322 e. The van der Waals surface area contributed by atoms with E-state index in [9.17, 15) is 0 Å². The van der Waals surface area contributed by atoms with E-state index in [1.54, 1.807) is 7.05 Å². The van der Waals surface area contributed by atoms with Crippen molar-refractivity contribution in [2.24, 2.45) is 12.9 Å². The van der Waals surface area contributed by atoms with Gasteiger partial charge in [0.05, 0.1) is 6.61 Å². The number of nitrogens with two attached hydrogens (primary N) is 1. The fraction of sp³-hybridized carbons (Fsp3) is 0.429. The first-order chi connectivity index (χ1) is 8.72. The number of hydrazine groups is 1. The van der Waals surface area contributed by atoms with Crippen LogP contribution >= 0.6 is 11.8 Å². The Bertz CT molecular complexity index is 529. The number of nitrogens with zero attached hydrogens (tertiary/aromatic N) is 7. The zero-order chi connectivity index (χ0) is 13.0. The first-order valence-corrected chi connectivity index (χ1v) is 5.80. The van der Waals surface area contributed by atoms with E-state index in [1.165, 1.54) is 16.4 Å². The van der Waals surface area contributed by atoms with Gasteiger partial charge in [-0.15, -0.1) is 5.10 Å². The predicted octanol–water partition coefficient (Wildman–Crippen LogP) is -0.769. The Balaban J connectivity index is 2.26. The standard InChI is InChI=1S/C7H11N9OS/c1-3-17-5-9-4(12-8)10-6(11-5)18-7-13-14-15-16(7)2/h3,8H2,1-2H3,(H,9,10,11,12). The van der Waals surface area contributed by atoms with Gasteiger partial charge < -0.3 is 4.74 Å². The zero-order valence-corrected chi connectivity index (χ0v) is 10.5. The van der Waals surface area contributed by atoms with Crippen LogP contribution in [-0.4, -0.2) is 41.8 Å². The van der Waals surface area contributed by atoms with Crippen LogP contribution in [0.15, 0.2) is 10.3 Å². The van der Waals surface area contributed by atoms with Gasteiger partial charge in [0.25, 0.3) is 0 Å². The van der Waals surface area contributed by atoms with Gasteiger partial charge in [0, 0.05) is 7.05 Å². The van der Waals surface area contributed by atoms with Crippen molar-refractivity contribution >= 4 is 17.7 Å². The highest BCUT2D eigenvalue weighted by Crippen LogP contribution is 2.23. The van der Waals surface area contributed by atoms with Crippen LogP contribution < -0.4 is 16.0 Å². The summed E-state index contributed by atoms with van der Waals surface area (Å²) in [6.45, 7) is 2.28.